The number of hydrogen-bond donors (Lipinski definition) is 0. The summed E-state index contributed by atoms with van der Waals surface area (Å²) in [5.41, 5.74) is 2.10. The molecule has 1 aliphatic heterocycles. The van der Waals surface area contributed by atoms with Gasteiger partial charge in [0.05, 0.1) is 12.8 Å². The van der Waals surface area contributed by atoms with Gasteiger partial charge >= 0.3 is 0 Å². The maximum atomic E-state index is 13.4. The van der Waals surface area contributed by atoms with Crippen LogP contribution in [0.2, 0.25) is 0 Å². The zero-order valence-electron chi connectivity index (χ0n) is 15.0. The average Bonchev–Trinajstić information content (AvgIpc) is 2.99. The Balaban J connectivity index is 1.57. The number of fused-ring (bicyclic) bond motifs is 1. The van der Waals surface area contributed by atoms with E-state index in [2.05, 4.69) is 15.0 Å². The molecule has 2 aromatic heterocycles. The number of aliphatic imine (C=N–C) groups is 1. The van der Waals surface area contributed by atoms with Gasteiger partial charge in [0.15, 0.2) is 0 Å². The van der Waals surface area contributed by atoms with Crippen molar-refractivity contribution in [3.05, 3.63) is 72.2 Å². The summed E-state index contributed by atoms with van der Waals surface area (Å²) >= 11 is 0. The molecule has 28 heavy (non-hydrogen) atoms. The molecule has 0 radical (unpaired) electrons. The van der Waals surface area contributed by atoms with Crippen LogP contribution in [0.1, 0.15) is 12.1 Å². The molecule has 1 aliphatic rings. The van der Waals surface area contributed by atoms with Crippen molar-refractivity contribution < 1.29 is 18.3 Å². The van der Waals surface area contributed by atoms with E-state index in [1.165, 1.54) is 31.5 Å². The van der Waals surface area contributed by atoms with Crippen molar-refractivity contribution in [2.45, 2.75) is 13.0 Å². The van der Waals surface area contributed by atoms with Crippen molar-refractivity contribution in [2.24, 2.45) is 4.99 Å². The monoisotopic (exact) mass is 382 g/mol. The van der Waals surface area contributed by atoms with E-state index in [4.69, 9.17) is 9.47 Å². The van der Waals surface area contributed by atoms with Gasteiger partial charge in [0.1, 0.15) is 23.9 Å². The van der Waals surface area contributed by atoms with E-state index in [1.54, 1.807) is 28.9 Å². The highest BCUT2D eigenvalue weighted by Crippen LogP contribution is 2.30. The van der Waals surface area contributed by atoms with Crippen LogP contribution in [0.3, 0.4) is 0 Å². The molecular formula is C20H16F2N4O2. The Morgan fingerprint density at radius 2 is 2.11 bits per heavy atom. The molecule has 8 heteroatoms. The van der Waals surface area contributed by atoms with Crippen LogP contribution in [0, 0.1) is 5.82 Å². The molecule has 142 valence electrons. The summed E-state index contributed by atoms with van der Waals surface area (Å²) in [7, 11) is 1.49. The molecule has 0 unspecified atom stereocenters. The smallest absolute Gasteiger partial charge is 0.234 e. The first-order valence-corrected chi connectivity index (χ1v) is 8.52. The van der Waals surface area contributed by atoms with Gasteiger partial charge in [-0.15, -0.1) is 0 Å². The molecule has 0 saturated carbocycles. The van der Waals surface area contributed by atoms with E-state index in [9.17, 15) is 8.78 Å². The topological polar surface area (TPSA) is 61.0 Å². The SMILES string of the molecule is COc1cc(F)ccc1-c1cnc2nc(COC3=CCC=NC(F)=C3)cn2c1. The number of hydrogen-bond acceptors (Lipinski definition) is 5. The predicted molar refractivity (Wildman–Crippen MR) is 100 cm³/mol. The number of rotatable bonds is 5. The van der Waals surface area contributed by atoms with E-state index in [-0.39, 0.29) is 12.4 Å². The second-order valence-electron chi connectivity index (χ2n) is 6.04. The number of benzene rings is 1. The average molecular weight is 382 g/mol. The third kappa shape index (κ3) is 3.75. The Bertz CT molecular complexity index is 1120. The minimum atomic E-state index is -0.599. The second-order valence-corrected chi connectivity index (χ2v) is 6.04. The Morgan fingerprint density at radius 1 is 1.21 bits per heavy atom. The summed E-state index contributed by atoms with van der Waals surface area (Å²) < 4.78 is 39.4. The molecule has 6 nitrogen and oxygen atoms in total. The molecular weight excluding hydrogens is 366 g/mol. The maximum Gasteiger partial charge on any atom is 0.234 e. The van der Waals surface area contributed by atoms with Gasteiger partial charge in [0.2, 0.25) is 11.7 Å². The number of allylic oxidation sites excluding steroid dienone is 2. The lowest BCUT2D eigenvalue weighted by molar-refractivity contribution is 0.206. The fourth-order valence-electron chi connectivity index (χ4n) is 2.83. The highest BCUT2D eigenvalue weighted by Gasteiger charge is 2.11. The van der Waals surface area contributed by atoms with Gasteiger partial charge in [-0.25, -0.2) is 19.4 Å². The molecule has 1 aromatic carbocycles. The molecule has 0 amide bonds. The molecule has 0 N–H and O–H groups in total. The number of ether oxygens (including phenoxy) is 2. The number of imidazole rings is 1. The van der Waals surface area contributed by atoms with Crippen molar-refractivity contribution in [2.75, 3.05) is 7.11 Å². The summed E-state index contributed by atoms with van der Waals surface area (Å²) in [5, 5.41) is 0. The van der Waals surface area contributed by atoms with Crippen molar-refractivity contribution in [3.8, 4) is 16.9 Å². The third-order valence-corrected chi connectivity index (χ3v) is 4.12. The quantitative estimate of drug-likeness (QED) is 0.620. The molecule has 0 fully saturated rings. The largest absolute Gasteiger partial charge is 0.496 e. The maximum absolute atomic E-state index is 13.4. The molecule has 3 aromatic rings. The lowest BCUT2D eigenvalue weighted by Crippen LogP contribution is -1.93. The van der Waals surface area contributed by atoms with Crippen LogP contribution < -0.4 is 4.74 Å². The molecule has 0 bridgehead atoms. The molecule has 0 saturated heterocycles. The van der Waals surface area contributed by atoms with Crippen LogP contribution in [0.4, 0.5) is 8.78 Å². The Morgan fingerprint density at radius 3 is 2.96 bits per heavy atom. The predicted octanol–water partition coefficient (Wildman–Crippen LogP) is 4.23. The third-order valence-electron chi connectivity index (χ3n) is 4.12. The van der Waals surface area contributed by atoms with Crippen molar-refractivity contribution in [1.29, 1.82) is 0 Å². The van der Waals surface area contributed by atoms with Gasteiger partial charge < -0.3 is 9.47 Å². The summed E-state index contributed by atoms with van der Waals surface area (Å²) in [4.78, 5) is 12.3. The van der Waals surface area contributed by atoms with Gasteiger partial charge in [-0.2, -0.15) is 4.39 Å². The van der Waals surface area contributed by atoms with Crippen molar-refractivity contribution >= 4 is 12.0 Å². The Hall–Kier alpha value is -3.55. The van der Waals surface area contributed by atoms with Crippen LogP contribution in [-0.2, 0) is 11.3 Å². The van der Waals surface area contributed by atoms with Crippen molar-refractivity contribution in [1.82, 2.24) is 14.4 Å². The standard InChI is InChI=1S/C20H16F2N4O2/c1-27-18-7-14(21)4-5-17(18)13-9-24-20-25-15(11-26(20)10-13)12-28-16-3-2-6-23-19(22)8-16/h3-11H,2,12H2,1H3. The number of methoxy groups -OCH3 is 1. The first-order chi connectivity index (χ1) is 13.6. The summed E-state index contributed by atoms with van der Waals surface area (Å²) in [6, 6.07) is 4.33. The number of nitrogens with zero attached hydrogens (tertiary/aromatic N) is 4. The minimum Gasteiger partial charge on any atom is -0.496 e. The second kappa shape index (κ2) is 7.59. The fourth-order valence-corrected chi connectivity index (χ4v) is 2.83. The Labute approximate surface area is 159 Å². The van der Waals surface area contributed by atoms with Gasteiger partial charge in [-0.05, 0) is 18.2 Å². The summed E-state index contributed by atoms with van der Waals surface area (Å²) in [6.45, 7) is 0.161. The van der Waals surface area contributed by atoms with E-state index in [0.29, 0.717) is 35.0 Å². The van der Waals surface area contributed by atoms with Gasteiger partial charge in [0, 0.05) is 54.5 Å². The van der Waals surface area contributed by atoms with E-state index in [0.717, 1.165) is 5.56 Å². The van der Waals surface area contributed by atoms with Gasteiger partial charge in [-0.1, -0.05) is 0 Å². The fraction of sp³-hybridized carbons (Fsp3) is 0.150. The zero-order chi connectivity index (χ0) is 19.5. The van der Waals surface area contributed by atoms with Crippen LogP contribution in [0.5, 0.6) is 5.75 Å². The van der Waals surface area contributed by atoms with Crippen LogP contribution in [0.25, 0.3) is 16.9 Å². The molecule has 0 aliphatic carbocycles. The minimum absolute atomic E-state index is 0.161. The van der Waals surface area contributed by atoms with Crippen LogP contribution >= 0.6 is 0 Å². The lowest BCUT2D eigenvalue weighted by Gasteiger charge is -2.08. The number of halogens is 2. The van der Waals surface area contributed by atoms with Gasteiger partial charge in [-0.3, -0.25) is 4.40 Å². The van der Waals surface area contributed by atoms with E-state index >= 15 is 0 Å². The Kier molecular flexibility index (Phi) is 4.84. The van der Waals surface area contributed by atoms with E-state index < -0.39 is 5.95 Å². The highest BCUT2D eigenvalue weighted by atomic mass is 19.1. The van der Waals surface area contributed by atoms with Crippen molar-refractivity contribution in [3.63, 3.8) is 0 Å². The molecule has 3 heterocycles. The first kappa shape index (κ1) is 17.8. The summed E-state index contributed by atoms with van der Waals surface area (Å²) in [5.74, 6) is 0.333. The summed E-state index contributed by atoms with van der Waals surface area (Å²) in [6.07, 6.45) is 10.2. The van der Waals surface area contributed by atoms with Crippen LogP contribution in [0.15, 0.2) is 65.6 Å². The van der Waals surface area contributed by atoms with Crippen LogP contribution in [-0.4, -0.2) is 27.7 Å². The molecule has 4 rings (SSSR count). The highest BCUT2D eigenvalue weighted by molar-refractivity contribution is 5.69. The molecule has 0 spiro atoms. The van der Waals surface area contributed by atoms with E-state index in [1.807, 2.05) is 6.20 Å². The van der Waals surface area contributed by atoms with Gasteiger partial charge in [0.25, 0.3) is 0 Å². The lowest BCUT2D eigenvalue weighted by atomic mass is 10.1. The normalized spacial score (nSPS) is 13.8. The number of aromatic nitrogens is 3. The molecule has 0 atom stereocenters. The first-order valence-electron chi connectivity index (χ1n) is 8.52. The zero-order valence-corrected chi connectivity index (χ0v) is 15.0.